The predicted octanol–water partition coefficient (Wildman–Crippen LogP) is 2.69. The zero-order chi connectivity index (χ0) is 11.9. The lowest BCUT2D eigenvalue weighted by Gasteiger charge is -2.37. The molecular formula is C14H22O3. The van der Waals surface area contributed by atoms with E-state index in [0.717, 1.165) is 45.3 Å². The molecule has 96 valence electrons. The van der Waals surface area contributed by atoms with Gasteiger partial charge in [0.2, 0.25) is 0 Å². The van der Waals surface area contributed by atoms with E-state index in [0.29, 0.717) is 17.8 Å². The monoisotopic (exact) mass is 238 g/mol. The number of ether oxygens (including phenoxy) is 1. The minimum Gasteiger partial charge on any atom is -0.481 e. The molecule has 3 nitrogen and oxygen atoms in total. The van der Waals surface area contributed by atoms with Crippen LogP contribution in [-0.4, -0.2) is 24.3 Å². The number of hydrogen-bond acceptors (Lipinski definition) is 2. The Hall–Kier alpha value is -0.570. The van der Waals surface area contributed by atoms with Gasteiger partial charge in [0, 0.05) is 13.2 Å². The highest BCUT2D eigenvalue weighted by Crippen LogP contribution is 2.59. The van der Waals surface area contributed by atoms with Gasteiger partial charge in [0.25, 0.3) is 0 Å². The van der Waals surface area contributed by atoms with Gasteiger partial charge in [-0.05, 0) is 56.3 Å². The third-order valence-corrected chi connectivity index (χ3v) is 5.40. The van der Waals surface area contributed by atoms with E-state index in [1.165, 1.54) is 12.8 Å². The van der Waals surface area contributed by atoms with Crippen LogP contribution in [0.1, 0.15) is 44.9 Å². The number of rotatable bonds is 3. The Balaban J connectivity index is 1.74. The fraction of sp³-hybridized carbons (Fsp3) is 0.929. The molecule has 1 saturated heterocycles. The van der Waals surface area contributed by atoms with Crippen molar-refractivity contribution in [1.29, 1.82) is 0 Å². The molecule has 0 radical (unpaired) electrons. The summed E-state index contributed by atoms with van der Waals surface area (Å²) >= 11 is 0. The molecule has 3 heteroatoms. The topological polar surface area (TPSA) is 46.5 Å². The summed E-state index contributed by atoms with van der Waals surface area (Å²) in [6.45, 7) is 1.66. The van der Waals surface area contributed by atoms with E-state index in [1.54, 1.807) is 0 Å². The van der Waals surface area contributed by atoms with E-state index in [1.807, 2.05) is 0 Å². The molecule has 2 saturated carbocycles. The molecule has 2 bridgehead atoms. The second-order valence-corrected chi connectivity index (χ2v) is 6.30. The Kier molecular flexibility index (Phi) is 2.89. The number of carboxylic acid groups (broad SMARTS) is 1. The van der Waals surface area contributed by atoms with Crippen LogP contribution in [0.3, 0.4) is 0 Å². The van der Waals surface area contributed by atoms with Gasteiger partial charge in [-0.1, -0.05) is 6.42 Å². The smallest absolute Gasteiger partial charge is 0.309 e. The molecule has 3 fully saturated rings. The molecule has 0 aromatic heterocycles. The summed E-state index contributed by atoms with van der Waals surface area (Å²) in [6.07, 6.45) is 7.58. The van der Waals surface area contributed by atoms with Crippen molar-refractivity contribution in [2.75, 3.05) is 13.2 Å². The summed E-state index contributed by atoms with van der Waals surface area (Å²) in [7, 11) is 0. The SMILES string of the molecule is O=C(O)C1(CC2CCOCC2)CC2CCC1C2. The zero-order valence-electron chi connectivity index (χ0n) is 10.4. The minimum absolute atomic E-state index is 0.370. The van der Waals surface area contributed by atoms with Crippen LogP contribution in [0.2, 0.25) is 0 Å². The lowest BCUT2D eigenvalue weighted by atomic mass is 9.67. The van der Waals surface area contributed by atoms with Crippen molar-refractivity contribution < 1.29 is 14.6 Å². The van der Waals surface area contributed by atoms with Gasteiger partial charge in [0.15, 0.2) is 0 Å². The Morgan fingerprint density at radius 3 is 2.53 bits per heavy atom. The predicted molar refractivity (Wildman–Crippen MR) is 63.7 cm³/mol. The molecule has 1 heterocycles. The Morgan fingerprint density at radius 1 is 1.24 bits per heavy atom. The number of hydrogen-bond donors (Lipinski definition) is 1. The molecule has 1 N–H and O–H groups in total. The first-order chi connectivity index (χ1) is 8.21. The zero-order valence-corrected chi connectivity index (χ0v) is 10.4. The Bertz CT molecular complexity index is 309. The first-order valence-corrected chi connectivity index (χ1v) is 7.02. The van der Waals surface area contributed by atoms with E-state index >= 15 is 0 Å². The van der Waals surface area contributed by atoms with Crippen LogP contribution < -0.4 is 0 Å². The molecule has 17 heavy (non-hydrogen) atoms. The Labute approximate surface area is 103 Å². The largest absolute Gasteiger partial charge is 0.481 e. The summed E-state index contributed by atoms with van der Waals surface area (Å²) in [5, 5.41) is 9.69. The van der Waals surface area contributed by atoms with Gasteiger partial charge in [-0.2, -0.15) is 0 Å². The molecule has 0 aromatic carbocycles. The van der Waals surface area contributed by atoms with Crippen LogP contribution in [-0.2, 0) is 9.53 Å². The van der Waals surface area contributed by atoms with E-state index in [4.69, 9.17) is 4.74 Å². The van der Waals surface area contributed by atoms with Crippen molar-refractivity contribution in [1.82, 2.24) is 0 Å². The highest BCUT2D eigenvalue weighted by molar-refractivity contribution is 5.76. The maximum atomic E-state index is 11.8. The van der Waals surface area contributed by atoms with Crippen LogP contribution in [0.15, 0.2) is 0 Å². The third kappa shape index (κ3) is 1.88. The molecule has 3 aliphatic rings. The highest BCUT2D eigenvalue weighted by atomic mass is 16.5. The molecule has 0 aromatic rings. The normalized spacial score (nSPS) is 41.9. The van der Waals surface area contributed by atoms with Crippen LogP contribution in [0, 0.1) is 23.2 Å². The van der Waals surface area contributed by atoms with Gasteiger partial charge in [0.1, 0.15) is 0 Å². The van der Waals surface area contributed by atoms with E-state index in [2.05, 4.69) is 0 Å². The average Bonchev–Trinajstić information content (AvgIpc) is 2.91. The first kappa shape index (κ1) is 11.5. The van der Waals surface area contributed by atoms with E-state index < -0.39 is 5.97 Å². The summed E-state index contributed by atoms with van der Waals surface area (Å²) in [4.78, 5) is 11.8. The van der Waals surface area contributed by atoms with Crippen molar-refractivity contribution >= 4 is 5.97 Å². The van der Waals surface area contributed by atoms with Gasteiger partial charge in [-0.3, -0.25) is 4.79 Å². The summed E-state index contributed by atoms with van der Waals surface area (Å²) in [6, 6.07) is 0. The molecule has 3 atom stereocenters. The molecule has 3 unspecified atom stereocenters. The van der Waals surface area contributed by atoms with E-state index in [9.17, 15) is 9.90 Å². The van der Waals surface area contributed by atoms with Gasteiger partial charge >= 0.3 is 5.97 Å². The van der Waals surface area contributed by atoms with Crippen molar-refractivity contribution in [2.24, 2.45) is 23.2 Å². The summed E-state index contributed by atoms with van der Waals surface area (Å²) in [5.74, 6) is 1.24. The van der Waals surface area contributed by atoms with E-state index in [-0.39, 0.29) is 5.41 Å². The van der Waals surface area contributed by atoms with Gasteiger partial charge in [-0.15, -0.1) is 0 Å². The maximum Gasteiger partial charge on any atom is 0.309 e. The van der Waals surface area contributed by atoms with Gasteiger partial charge in [-0.25, -0.2) is 0 Å². The minimum atomic E-state index is -0.517. The first-order valence-electron chi connectivity index (χ1n) is 7.02. The van der Waals surface area contributed by atoms with Crippen LogP contribution >= 0.6 is 0 Å². The lowest BCUT2D eigenvalue weighted by Crippen LogP contribution is -2.39. The highest BCUT2D eigenvalue weighted by Gasteiger charge is 2.56. The van der Waals surface area contributed by atoms with Crippen LogP contribution in [0.4, 0.5) is 0 Å². The standard InChI is InChI=1S/C14H22O3/c15-13(16)14(8-10-3-5-17-6-4-10)9-11-1-2-12(14)7-11/h10-12H,1-9H2,(H,15,16). The second-order valence-electron chi connectivity index (χ2n) is 6.30. The maximum absolute atomic E-state index is 11.8. The molecule has 0 amide bonds. The fourth-order valence-corrected chi connectivity index (χ4v) is 4.51. The summed E-state index contributed by atoms with van der Waals surface area (Å²) < 4.78 is 5.37. The quantitative estimate of drug-likeness (QED) is 0.822. The number of fused-ring (bicyclic) bond motifs is 2. The second kappa shape index (κ2) is 4.27. The molecular weight excluding hydrogens is 216 g/mol. The number of carbonyl (C=O) groups is 1. The van der Waals surface area contributed by atoms with Crippen molar-refractivity contribution in [2.45, 2.75) is 44.9 Å². The average molecular weight is 238 g/mol. The molecule has 1 aliphatic heterocycles. The number of carboxylic acids is 1. The van der Waals surface area contributed by atoms with Gasteiger partial charge < -0.3 is 9.84 Å². The van der Waals surface area contributed by atoms with Crippen molar-refractivity contribution in [3.63, 3.8) is 0 Å². The van der Waals surface area contributed by atoms with Crippen molar-refractivity contribution in [3.05, 3.63) is 0 Å². The van der Waals surface area contributed by atoms with Crippen LogP contribution in [0.5, 0.6) is 0 Å². The van der Waals surface area contributed by atoms with Gasteiger partial charge in [0.05, 0.1) is 5.41 Å². The number of aliphatic carboxylic acids is 1. The Morgan fingerprint density at radius 2 is 2.00 bits per heavy atom. The third-order valence-electron chi connectivity index (χ3n) is 5.40. The summed E-state index contributed by atoms with van der Waals surface area (Å²) in [5.41, 5.74) is -0.370. The van der Waals surface area contributed by atoms with Crippen LogP contribution in [0.25, 0.3) is 0 Å². The lowest BCUT2D eigenvalue weighted by molar-refractivity contribution is -0.154. The fourth-order valence-electron chi connectivity index (χ4n) is 4.51. The molecule has 3 rings (SSSR count). The molecule has 0 spiro atoms. The molecule has 2 aliphatic carbocycles. The van der Waals surface area contributed by atoms with Crippen molar-refractivity contribution in [3.8, 4) is 0 Å².